The van der Waals surface area contributed by atoms with Gasteiger partial charge in [-0.1, -0.05) is 13.8 Å². The summed E-state index contributed by atoms with van der Waals surface area (Å²) in [6.07, 6.45) is 1.56. The van der Waals surface area contributed by atoms with Gasteiger partial charge in [0.05, 0.1) is 0 Å². The van der Waals surface area contributed by atoms with Crippen molar-refractivity contribution < 1.29 is 0 Å². The van der Waals surface area contributed by atoms with Crippen LogP contribution in [0.25, 0.3) is 0 Å². The van der Waals surface area contributed by atoms with Gasteiger partial charge in [-0.05, 0) is 41.9 Å². The van der Waals surface area contributed by atoms with E-state index in [1.807, 2.05) is 0 Å². The standard InChI is InChI=1S/C9H14/c1-4-3-6-8-7(5(4)2)9(6)8/h4-9H,3H2,1-2H3. The zero-order valence-corrected chi connectivity index (χ0v) is 6.17. The monoisotopic (exact) mass is 122 g/mol. The van der Waals surface area contributed by atoms with Crippen LogP contribution in [-0.2, 0) is 0 Å². The van der Waals surface area contributed by atoms with Crippen LogP contribution in [0.15, 0.2) is 0 Å². The van der Waals surface area contributed by atoms with Crippen molar-refractivity contribution >= 4 is 0 Å². The predicted molar refractivity (Wildman–Crippen MR) is 36.9 cm³/mol. The molecular formula is C9H14. The lowest BCUT2D eigenvalue weighted by Crippen LogP contribution is -2.25. The quantitative estimate of drug-likeness (QED) is 0.462. The average Bonchev–Trinajstić information content (AvgIpc) is 2.61. The summed E-state index contributed by atoms with van der Waals surface area (Å²) in [6, 6.07) is 0. The minimum absolute atomic E-state index is 1.05. The lowest BCUT2D eigenvalue weighted by Gasteiger charge is -2.32. The van der Waals surface area contributed by atoms with Crippen LogP contribution < -0.4 is 0 Å². The van der Waals surface area contributed by atoms with Crippen molar-refractivity contribution in [1.82, 2.24) is 0 Å². The lowest BCUT2D eigenvalue weighted by molar-refractivity contribution is 0.169. The molecule has 50 valence electrons. The van der Waals surface area contributed by atoms with Crippen molar-refractivity contribution in [2.45, 2.75) is 20.3 Å². The molecule has 0 aromatic heterocycles. The second-order valence-electron chi connectivity index (χ2n) is 4.47. The van der Waals surface area contributed by atoms with Crippen molar-refractivity contribution in [3.8, 4) is 0 Å². The Bertz CT molecular complexity index is 143. The minimum atomic E-state index is 1.05. The molecule has 2 bridgehead atoms. The summed E-state index contributed by atoms with van der Waals surface area (Å²) in [7, 11) is 0. The number of fused-ring (bicyclic) bond motifs is 2. The van der Waals surface area contributed by atoms with E-state index >= 15 is 0 Å². The van der Waals surface area contributed by atoms with E-state index in [4.69, 9.17) is 0 Å². The van der Waals surface area contributed by atoms with E-state index in [-0.39, 0.29) is 0 Å². The van der Waals surface area contributed by atoms with Gasteiger partial charge < -0.3 is 0 Å². The smallest absolute Gasteiger partial charge is 0.0315 e. The van der Waals surface area contributed by atoms with Crippen molar-refractivity contribution in [2.75, 3.05) is 0 Å². The van der Waals surface area contributed by atoms with Gasteiger partial charge in [-0.3, -0.25) is 0 Å². The minimum Gasteiger partial charge on any atom is -0.0622 e. The normalized spacial score (nSPS) is 75.3. The molecule has 9 heavy (non-hydrogen) atoms. The van der Waals surface area contributed by atoms with E-state index in [1.165, 1.54) is 23.7 Å². The van der Waals surface area contributed by atoms with Gasteiger partial charge in [-0.15, -0.1) is 0 Å². The Morgan fingerprint density at radius 2 is 1.67 bits per heavy atom. The van der Waals surface area contributed by atoms with Gasteiger partial charge in [0.1, 0.15) is 0 Å². The summed E-state index contributed by atoms with van der Waals surface area (Å²) in [5.74, 6) is 7.05. The first kappa shape index (κ1) is 4.76. The van der Waals surface area contributed by atoms with E-state index in [2.05, 4.69) is 13.8 Å². The summed E-state index contributed by atoms with van der Waals surface area (Å²) in [5, 5.41) is 0. The number of hydrogen-bond acceptors (Lipinski definition) is 0. The molecular weight excluding hydrogens is 108 g/mol. The van der Waals surface area contributed by atoms with E-state index in [0.717, 1.165) is 11.8 Å². The van der Waals surface area contributed by atoms with Gasteiger partial charge in [0.2, 0.25) is 0 Å². The molecule has 0 aliphatic heterocycles. The molecule has 4 saturated carbocycles. The fourth-order valence-electron chi connectivity index (χ4n) is 3.28. The molecule has 0 radical (unpaired) electrons. The highest BCUT2D eigenvalue weighted by Gasteiger charge is 2.76. The van der Waals surface area contributed by atoms with Crippen LogP contribution in [0.2, 0.25) is 0 Å². The fourth-order valence-corrected chi connectivity index (χ4v) is 3.28. The van der Waals surface area contributed by atoms with Crippen LogP contribution >= 0.6 is 0 Å². The molecule has 4 aliphatic rings. The summed E-state index contributed by atoms with van der Waals surface area (Å²) in [5.41, 5.74) is 0. The van der Waals surface area contributed by atoms with Gasteiger partial charge in [-0.25, -0.2) is 0 Å². The third kappa shape index (κ3) is 0.367. The van der Waals surface area contributed by atoms with Crippen molar-refractivity contribution in [3.63, 3.8) is 0 Å². The van der Waals surface area contributed by atoms with Gasteiger partial charge in [0.15, 0.2) is 0 Å². The van der Waals surface area contributed by atoms with Crippen LogP contribution in [0, 0.1) is 35.5 Å². The maximum Gasteiger partial charge on any atom is -0.0315 e. The topological polar surface area (TPSA) is 0 Å². The fraction of sp³-hybridized carbons (Fsp3) is 1.00. The molecule has 0 N–H and O–H groups in total. The SMILES string of the molecule is CC1CC2C3C(C1C)C23. The molecule has 4 unspecified atom stereocenters. The highest BCUT2D eigenvalue weighted by atomic mass is 14.8. The number of rotatable bonds is 0. The first-order chi connectivity index (χ1) is 4.30. The van der Waals surface area contributed by atoms with E-state index in [9.17, 15) is 0 Å². The van der Waals surface area contributed by atoms with Gasteiger partial charge in [0, 0.05) is 0 Å². The highest BCUT2D eigenvalue weighted by molar-refractivity contribution is 5.23. The molecule has 4 aliphatic carbocycles. The Morgan fingerprint density at radius 3 is 2.11 bits per heavy atom. The van der Waals surface area contributed by atoms with E-state index < -0.39 is 0 Å². The lowest BCUT2D eigenvalue weighted by atomic mass is 9.73. The first-order valence-corrected chi connectivity index (χ1v) is 4.30. The third-order valence-corrected chi connectivity index (χ3v) is 4.19. The molecule has 0 nitrogen and oxygen atoms in total. The maximum atomic E-state index is 2.46. The van der Waals surface area contributed by atoms with Crippen LogP contribution in [0.5, 0.6) is 0 Å². The van der Waals surface area contributed by atoms with Crippen LogP contribution in [0.4, 0.5) is 0 Å². The van der Waals surface area contributed by atoms with Crippen LogP contribution in [0.1, 0.15) is 20.3 Å². The van der Waals surface area contributed by atoms with Gasteiger partial charge in [0.25, 0.3) is 0 Å². The Kier molecular flexibility index (Phi) is 0.574. The molecule has 0 heterocycles. The third-order valence-electron chi connectivity index (χ3n) is 4.19. The highest BCUT2D eigenvalue weighted by Crippen LogP contribution is 2.81. The molecule has 4 fully saturated rings. The average molecular weight is 122 g/mol. The second-order valence-corrected chi connectivity index (χ2v) is 4.47. The maximum absolute atomic E-state index is 2.46. The van der Waals surface area contributed by atoms with Crippen molar-refractivity contribution in [1.29, 1.82) is 0 Å². The molecule has 0 amide bonds. The summed E-state index contributed by atoms with van der Waals surface area (Å²) >= 11 is 0. The molecule has 0 aromatic carbocycles. The van der Waals surface area contributed by atoms with E-state index in [1.54, 1.807) is 6.42 Å². The predicted octanol–water partition coefficient (Wildman–Crippen LogP) is 2.15. The Morgan fingerprint density at radius 1 is 1.00 bits per heavy atom. The molecule has 4 rings (SSSR count). The van der Waals surface area contributed by atoms with Gasteiger partial charge in [-0.2, -0.15) is 0 Å². The van der Waals surface area contributed by atoms with Gasteiger partial charge >= 0.3 is 0 Å². The summed E-state index contributed by atoms with van der Waals surface area (Å²) in [4.78, 5) is 0. The van der Waals surface area contributed by atoms with Crippen molar-refractivity contribution in [3.05, 3.63) is 0 Å². The zero-order chi connectivity index (χ0) is 6.17. The molecule has 4 atom stereocenters. The number of hydrogen-bond donors (Lipinski definition) is 0. The second kappa shape index (κ2) is 1.09. The molecule has 0 spiro atoms. The van der Waals surface area contributed by atoms with Crippen molar-refractivity contribution in [2.24, 2.45) is 35.5 Å². The summed E-state index contributed by atoms with van der Waals surface area (Å²) in [6.45, 7) is 4.89. The Labute approximate surface area is 56.6 Å². The van der Waals surface area contributed by atoms with Crippen LogP contribution in [-0.4, -0.2) is 0 Å². The largest absolute Gasteiger partial charge is 0.0622 e. The molecule has 0 aromatic rings. The summed E-state index contributed by atoms with van der Waals surface area (Å²) < 4.78 is 0. The Balaban J connectivity index is 1.87. The van der Waals surface area contributed by atoms with Crippen LogP contribution in [0.3, 0.4) is 0 Å². The zero-order valence-electron chi connectivity index (χ0n) is 6.17. The Hall–Kier alpha value is 0. The van der Waals surface area contributed by atoms with E-state index in [0.29, 0.717) is 0 Å². The first-order valence-electron chi connectivity index (χ1n) is 4.30. The molecule has 0 heteroatoms. The molecule has 0 saturated heterocycles.